The van der Waals surface area contributed by atoms with Crippen LogP contribution in [0.25, 0.3) is 0 Å². The number of esters is 1. The van der Waals surface area contributed by atoms with Crippen molar-refractivity contribution in [3.05, 3.63) is 99.5 Å². The molecule has 0 radical (unpaired) electrons. The first-order valence-electron chi connectivity index (χ1n) is 9.31. The van der Waals surface area contributed by atoms with E-state index in [9.17, 15) is 14.4 Å². The number of benzene rings is 2. The highest BCUT2D eigenvalue weighted by atomic mass is 16.5. The van der Waals surface area contributed by atoms with Crippen LogP contribution in [0.15, 0.2) is 71.7 Å². The lowest BCUT2D eigenvalue weighted by Crippen LogP contribution is -2.22. The van der Waals surface area contributed by atoms with Gasteiger partial charge < -0.3 is 14.6 Å². The third-order valence-electron chi connectivity index (χ3n) is 4.33. The number of hydrogen-bond donors (Lipinski definition) is 1. The van der Waals surface area contributed by atoms with Gasteiger partial charge in [-0.15, -0.1) is 0 Å². The molecule has 0 aliphatic rings. The Balaban J connectivity index is 1.74. The van der Waals surface area contributed by atoms with Crippen molar-refractivity contribution in [2.45, 2.75) is 20.4 Å². The smallest absolute Gasteiger partial charge is 0.338 e. The lowest BCUT2D eigenvalue weighted by molar-refractivity contribution is 0.0526. The zero-order valence-electron chi connectivity index (χ0n) is 16.3. The normalized spacial score (nSPS) is 10.4. The van der Waals surface area contributed by atoms with Gasteiger partial charge in [0.25, 0.3) is 11.5 Å². The number of carbonyl (C=O) groups excluding carboxylic acids is 2. The van der Waals surface area contributed by atoms with Gasteiger partial charge in [0.1, 0.15) is 0 Å². The quantitative estimate of drug-likeness (QED) is 0.652. The van der Waals surface area contributed by atoms with Crippen LogP contribution in [0.4, 0.5) is 5.69 Å². The molecule has 0 saturated heterocycles. The molecule has 0 aliphatic carbocycles. The Morgan fingerprint density at radius 3 is 2.41 bits per heavy atom. The molecule has 2 aromatic carbocycles. The number of hydrogen-bond acceptors (Lipinski definition) is 4. The fourth-order valence-electron chi connectivity index (χ4n) is 2.90. The van der Waals surface area contributed by atoms with Crippen molar-refractivity contribution in [2.75, 3.05) is 11.9 Å². The summed E-state index contributed by atoms with van der Waals surface area (Å²) in [6.07, 6.45) is 1.55. The average molecular weight is 390 g/mol. The summed E-state index contributed by atoms with van der Waals surface area (Å²) in [5.41, 5.74) is 3.24. The second-order valence-electron chi connectivity index (χ2n) is 6.62. The first-order valence-corrected chi connectivity index (χ1v) is 9.31. The van der Waals surface area contributed by atoms with E-state index >= 15 is 0 Å². The zero-order valence-corrected chi connectivity index (χ0v) is 16.3. The summed E-state index contributed by atoms with van der Waals surface area (Å²) in [4.78, 5) is 36.5. The van der Waals surface area contributed by atoms with E-state index in [1.54, 1.807) is 37.4 Å². The molecule has 148 valence electrons. The minimum Gasteiger partial charge on any atom is -0.462 e. The lowest BCUT2D eigenvalue weighted by Gasteiger charge is -2.10. The molecule has 0 spiro atoms. The number of aromatic nitrogens is 1. The van der Waals surface area contributed by atoms with E-state index in [0.29, 0.717) is 30.0 Å². The molecule has 6 nitrogen and oxygen atoms in total. The van der Waals surface area contributed by atoms with Crippen LogP contribution < -0.4 is 10.9 Å². The molecule has 3 rings (SSSR count). The van der Waals surface area contributed by atoms with Gasteiger partial charge in [-0.1, -0.05) is 29.8 Å². The summed E-state index contributed by atoms with van der Waals surface area (Å²) in [5.74, 6) is -0.750. The summed E-state index contributed by atoms with van der Waals surface area (Å²) in [6.45, 7) is 4.42. The highest BCUT2D eigenvalue weighted by Gasteiger charge is 2.10. The number of pyridine rings is 1. The molecule has 0 aliphatic heterocycles. The highest BCUT2D eigenvalue weighted by molar-refractivity contribution is 6.04. The molecule has 6 heteroatoms. The largest absolute Gasteiger partial charge is 0.462 e. The van der Waals surface area contributed by atoms with Crippen LogP contribution in [0.5, 0.6) is 0 Å². The van der Waals surface area contributed by atoms with Gasteiger partial charge in [-0.25, -0.2) is 4.79 Å². The van der Waals surface area contributed by atoms with Crippen LogP contribution in [0.3, 0.4) is 0 Å². The van der Waals surface area contributed by atoms with Crippen molar-refractivity contribution in [3.8, 4) is 0 Å². The van der Waals surface area contributed by atoms with Gasteiger partial charge in [0.15, 0.2) is 0 Å². The molecule has 29 heavy (non-hydrogen) atoms. The molecule has 0 unspecified atom stereocenters. The number of aryl methyl sites for hydroxylation is 1. The Kier molecular flexibility index (Phi) is 6.24. The summed E-state index contributed by atoms with van der Waals surface area (Å²) in [7, 11) is 0. The van der Waals surface area contributed by atoms with E-state index in [-0.39, 0.29) is 11.5 Å². The van der Waals surface area contributed by atoms with Gasteiger partial charge in [-0.3, -0.25) is 9.59 Å². The molecule has 0 atom stereocenters. The molecular weight excluding hydrogens is 368 g/mol. The van der Waals surface area contributed by atoms with Crippen molar-refractivity contribution in [3.63, 3.8) is 0 Å². The number of carbonyl (C=O) groups is 2. The van der Waals surface area contributed by atoms with Crippen molar-refractivity contribution < 1.29 is 14.3 Å². The van der Waals surface area contributed by atoms with E-state index in [0.717, 1.165) is 11.1 Å². The second kappa shape index (κ2) is 9.01. The van der Waals surface area contributed by atoms with Gasteiger partial charge in [-0.05, 0) is 49.7 Å². The van der Waals surface area contributed by atoms with Crippen molar-refractivity contribution in [1.82, 2.24) is 4.57 Å². The Labute approximate surface area is 168 Å². The predicted molar refractivity (Wildman–Crippen MR) is 111 cm³/mol. The van der Waals surface area contributed by atoms with Gasteiger partial charge in [-0.2, -0.15) is 0 Å². The van der Waals surface area contributed by atoms with E-state index in [2.05, 4.69) is 5.32 Å². The number of amides is 1. The molecule has 1 amide bonds. The van der Waals surface area contributed by atoms with Crippen LogP contribution in [-0.4, -0.2) is 23.1 Å². The monoisotopic (exact) mass is 390 g/mol. The molecule has 0 saturated carbocycles. The Morgan fingerprint density at radius 1 is 1.00 bits per heavy atom. The number of nitrogens with one attached hydrogen (secondary N) is 1. The Hall–Kier alpha value is -3.67. The summed E-state index contributed by atoms with van der Waals surface area (Å²) in [5, 5.41) is 2.77. The Morgan fingerprint density at radius 2 is 1.72 bits per heavy atom. The third-order valence-corrected chi connectivity index (χ3v) is 4.33. The van der Waals surface area contributed by atoms with E-state index in [1.165, 1.54) is 16.7 Å². The van der Waals surface area contributed by atoms with Crippen molar-refractivity contribution in [1.29, 1.82) is 0 Å². The van der Waals surface area contributed by atoms with Crippen molar-refractivity contribution in [2.24, 2.45) is 0 Å². The predicted octanol–water partition coefficient (Wildman–Crippen LogP) is 3.63. The van der Waals surface area contributed by atoms with Gasteiger partial charge in [0.2, 0.25) is 0 Å². The van der Waals surface area contributed by atoms with Crippen LogP contribution in [0, 0.1) is 6.92 Å². The maximum absolute atomic E-state index is 12.6. The molecule has 1 heterocycles. The fourth-order valence-corrected chi connectivity index (χ4v) is 2.90. The third kappa shape index (κ3) is 5.19. The molecule has 1 aromatic heterocycles. The minimum absolute atomic E-state index is 0.179. The highest BCUT2D eigenvalue weighted by Crippen LogP contribution is 2.12. The average Bonchev–Trinajstić information content (AvgIpc) is 2.70. The van der Waals surface area contributed by atoms with E-state index in [1.807, 2.05) is 31.2 Å². The second-order valence-corrected chi connectivity index (χ2v) is 6.62. The lowest BCUT2D eigenvalue weighted by atomic mass is 10.1. The molecule has 3 aromatic rings. The van der Waals surface area contributed by atoms with Gasteiger partial charge >= 0.3 is 5.97 Å². The number of anilines is 1. The van der Waals surface area contributed by atoms with Gasteiger partial charge in [0.05, 0.1) is 24.3 Å². The number of ether oxygens (including phenoxy) is 1. The van der Waals surface area contributed by atoms with Gasteiger partial charge in [0, 0.05) is 18.0 Å². The zero-order chi connectivity index (χ0) is 20.8. The summed E-state index contributed by atoms with van der Waals surface area (Å²) >= 11 is 0. The number of nitrogens with zero attached hydrogens (tertiary/aromatic N) is 1. The van der Waals surface area contributed by atoms with Crippen LogP contribution in [0.2, 0.25) is 0 Å². The Bertz CT molecular complexity index is 1080. The maximum atomic E-state index is 12.6. The first-order chi connectivity index (χ1) is 14.0. The van der Waals surface area contributed by atoms with E-state index < -0.39 is 5.97 Å². The summed E-state index contributed by atoms with van der Waals surface area (Å²) < 4.78 is 6.45. The van der Waals surface area contributed by atoms with Crippen LogP contribution in [-0.2, 0) is 11.3 Å². The maximum Gasteiger partial charge on any atom is 0.338 e. The molecular formula is C23H22N2O4. The molecule has 0 bridgehead atoms. The standard InChI is InChI=1S/C23H22N2O4/c1-3-29-23(28)18-7-10-20(11-8-18)24-22(27)19-9-12-21(26)25(15-19)14-17-6-4-5-16(2)13-17/h4-13,15H,3,14H2,1-2H3,(H,24,27). The molecule has 0 fully saturated rings. The summed E-state index contributed by atoms with van der Waals surface area (Å²) in [6, 6.07) is 17.2. The van der Waals surface area contributed by atoms with Crippen molar-refractivity contribution >= 4 is 17.6 Å². The first kappa shape index (κ1) is 20.1. The molecule has 1 N–H and O–H groups in total. The fraction of sp³-hybridized carbons (Fsp3) is 0.174. The van der Waals surface area contributed by atoms with E-state index in [4.69, 9.17) is 4.74 Å². The van der Waals surface area contributed by atoms with Crippen LogP contribution >= 0.6 is 0 Å². The topological polar surface area (TPSA) is 77.4 Å². The SMILES string of the molecule is CCOC(=O)c1ccc(NC(=O)c2ccc(=O)n(Cc3cccc(C)c3)c2)cc1. The van der Waals surface area contributed by atoms with Crippen LogP contribution in [0.1, 0.15) is 38.8 Å². The minimum atomic E-state index is -0.409. The number of rotatable bonds is 6.